The van der Waals surface area contributed by atoms with Gasteiger partial charge in [-0.05, 0) is 18.1 Å². The number of methoxy groups -OCH3 is 1. The quantitative estimate of drug-likeness (QED) is 0.773. The Kier molecular flexibility index (Phi) is 7.44. The Hall–Kier alpha value is -1.90. The van der Waals surface area contributed by atoms with Crippen LogP contribution in [0.25, 0.3) is 0 Å². The van der Waals surface area contributed by atoms with Crippen LogP contribution in [-0.2, 0) is 4.74 Å². The molecule has 0 bridgehead atoms. The van der Waals surface area contributed by atoms with Crippen molar-refractivity contribution < 1.29 is 14.6 Å². The number of nitrogens with one attached hydrogen (secondary N) is 1. The second-order valence-electron chi connectivity index (χ2n) is 4.95. The predicted molar refractivity (Wildman–Crippen MR) is 80.8 cm³/mol. The van der Waals surface area contributed by atoms with Crippen molar-refractivity contribution in [2.24, 2.45) is 5.92 Å². The second-order valence-corrected chi connectivity index (χ2v) is 4.95. The zero-order valence-corrected chi connectivity index (χ0v) is 12.7. The lowest BCUT2D eigenvalue weighted by Gasteiger charge is -2.21. The van der Waals surface area contributed by atoms with E-state index in [1.165, 1.54) is 0 Å². The predicted octanol–water partition coefficient (Wildman–Crippen LogP) is 1.22. The maximum atomic E-state index is 12.3. The molecule has 0 fully saturated rings. The van der Waals surface area contributed by atoms with Crippen LogP contribution in [-0.4, -0.2) is 42.4 Å². The van der Waals surface area contributed by atoms with Gasteiger partial charge in [-0.15, -0.1) is 0 Å². The van der Waals surface area contributed by atoms with Crippen LogP contribution in [0.3, 0.4) is 0 Å². The van der Waals surface area contributed by atoms with Crippen molar-refractivity contribution in [2.75, 3.05) is 20.3 Å². The van der Waals surface area contributed by atoms with Crippen molar-refractivity contribution in [1.82, 2.24) is 10.3 Å². The first-order valence-electron chi connectivity index (χ1n) is 6.94. The molecule has 0 saturated carbocycles. The van der Waals surface area contributed by atoms with Crippen molar-refractivity contribution in [3.8, 4) is 11.8 Å². The summed E-state index contributed by atoms with van der Waals surface area (Å²) in [4.78, 5) is 16.5. The molecule has 0 spiro atoms. The fourth-order valence-corrected chi connectivity index (χ4v) is 1.72. The van der Waals surface area contributed by atoms with Gasteiger partial charge in [0, 0.05) is 19.7 Å². The lowest BCUT2D eigenvalue weighted by atomic mass is 10.0. The first-order chi connectivity index (χ1) is 10.1. The van der Waals surface area contributed by atoms with E-state index in [0.717, 1.165) is 0 Å². The zero-order chi connectivity index (χ0) is 15.7. The van der Waals surface area contributed by atoms with E-state index in [9.17, 15) is 4.79 Å². The van der Waals surface area contributed by atoms with Gasteiger partial charge in [0.2, 0.25) is 0 Å². The van der Waals surface area contributed by atoms with Crippen LogP contribution < -0.4 is 5.32 Å². The van der Waals surface area contributed by atoms with Crippen LogP contribution >= 0.6 is 0 Å². The molecule has 0 aliphatic rings. The van der Waals surface area contributed by atoms with Gasteiger partial charge < -0.3 is 15.2 Å². The monoisotopic (exact) mass is 290 g/mol. The molecule has 1 atom stereocenters. The molecule has 0 aromatic carbocycles. The van der Waals surface area contributed by atoms with Crippen molar-refractivity contribution in [2.45, 2.75) is 26.3 Å². The van der Waals surface area contributed by atoms with Gasteiger partial charge in [-0.3, -0.25) is 4.79 Å². The third kappa shape index (κ3) is 5.54. The molecule has 1 aromatic rings. The molecule has 1 amide bonds. The van der Waals surface area contributed by atoms with Gasteiger partial charge in [0.15, 0.2) is 0 Å². The van der Waals surface area contributed by atoms with Crippen LogP contribution in [0.15, 0.2) is 18.3 Å². The van der Waals surface area contributed by atoms with E-state index in [4.69, 9.17) is 9.84 Å². The van der Waals surface area contributed by atoms with E-state index in [2.05, 4.69) is 22.1 Å². The summed E-state index contributed by atoms with van der Waals surface area (Å²) in [5.74, 6) is 5.66. The summed E-state index contributed by atoms with van der Waals surface area (Å²) < 4.78 is 5.12. The summed E-state index contributed by atoms with van der Waals surface area (Å²) >= 11 is 0. The number of carbonyl (C=O) groups excluding carboxylic acids is 1. The highest BCUT2D eigenvalue weighted by atomic mass is 16.5. The Morgan fingerprint density at radius 3 is 2.90 bits per heavy atom. The van der Waals surface area contributed by atoms with Crippen LogP contribution in [0.4, 0.5) is 0 Å². The minimum atomic E-state index is -0.264. The van der Waals surface area contributed by atoms with E-state index in [-0.39, 0.29) is 24.5 Å². The van der Waals surface area contributed by atoms with Gasteiger partial charge in [-0.25, -0.2) is 4.98 Å². The number of hydrogen-bond acceptors (Lipinski definition) is 4. The van der Waals surface area contributed by atoms with Crippen LogP contribution in [0.2, 0.25) is 0 Å². The first kappa shape index (κ1) is 17.2. The molecule has 2 N–H and O–H groups in total. The lowest BCUT2D eigenvalue weighted by Crippen LogP contribution is -2.42. The number of aliphatic hydroxyl groups excluding tert-OH is 1. The van der Waals surface area contributed by atoms with Crippen LogP contribution in [0.1, 0.15) is 36.3 Å². The van der Waals surface area contributed by atoms with E-state index < -0.39 is 0 Å². The minimum Gasteiger partial charge on any atom is -0.395 e. The van der Waals surface area contributed by atoms with Crippen molar-refractivity contribution in [3.63, 3.8) is 0 Å². The van der Waals surface area contributed by atoms with E-state index >= 15 is 0 Å². The standard InChI is InChI=1S/C16H22N2O3/c1-12(2)14(11-21-3)18-16(20)15-13(7-4-5-10-19)8-6-9-17-15/h6,8-9,12,14,19H,5,10-11H2,1-3H3,(H,18,20). The fourth-order valence-electron chi connectivity index (χ4n) is 1.72. The maximum Gasteiger partial charge on any atom is 0.271 e. The molecule has 5 nitrogen and oxygen atoms in total. The normalized spacial score (nSPS) is 11.7. The number of rotatable bonds is 6. The Bertz CT molecular complexity index is 518. The average molecular weight is 290 g/mol. The molecule has 21 heavy (non-hydrogen) atoms. The molecule has 0 aliphatic carbocycles. The molecular formula is C16H22N2O3. The molecule has 5 heteroatoms. The number of aliphatic hydroxyl groups is 1. The van der Waals surface area contributed by atoms with Gasteiger partial charge in [0.05, 0.1) is 24.8 Å². The largest absolute Gasteiger partial charge is 0.395 e. The molecule has 0 radical (unpaired) electrons. The summed E-state index contributed by atoms with van der Waals surface area (Å²) in [6.45, 7) is 4.48. The highest BCUT2D eigenvalue weighted by Gasteiger charge is 2.19. The minimum absolute atomic E-state index is 0.00193. The summed E-state index contributed by atoms with van der Waals surface area (Å²) in [5, 5.41) is 11.7. The highest BCUT2D eigenvalue weighted by Crippen LogP contribution is 2.07. The molecule has 0 saturated heterocycles. The third-order valence-electron chi connectivity index (χ3n) is 2.95. The number of pyridine rings is 1. The van der Waals surface area contributed by atoms with Gasteiger partial charge in [-0.2, -0.15) is 0 Å². The Labute approximate surface area is 125 Å². The smallest absolute Gasteiger partial charge is 0.271 e. The Morgan fingerprint density at radius 1 is 1.52 bits per heavy atom. The molecular weight excluding hydrogens is 268 g/mol. The summed E-state index contributed by atoms with van der Waals surface area (Å²) in [6.07, 6.45) is 1.93. The average Bonchev–Trinajstić information content (AvgIpc) is 2.47. The number of aromatic nitrogens is 1. The molecule has 1 heterocycles. The molecule has 1 rings (SSSR count). The van der Waals surface area contributed by atoms with Crippen LogP contribution in [0.5, 0.6) is 0 Å². The SMILES string of the molecule is COCC(NC(=O)c1ncccc1C#CCCO)C(C)C. The molecule has 0 aliphatic heterocycles. The number of hydrogen-bond donors (Lipinski definition) is 2. The molecule has 1 unspecified atom stereocenters. The Balaban J connectivity index is 2.89. The molecule has 1 aromatic heterocycles. The van der Waals surface area contributed by atoms with E-state index in [0.29, 0.717) is 24.3 Å². The summed E-state index contributed by atoms with van der Waals surface area (Å²) in [6, 6.07) is 3.39. The zero-order valence-electron chi connectivity index (χ0n) is 12.7. The van der Waals surface area contributed by atoms with Crippen molar-refractivity contribution in [1.29, 1.82) is 0 Å². The number of carbonyl (C=O) groups is 1. The summed E-state index contributed by atoms with van der Waals surface area (Å²) in [7, 11) is 1.61. The van der Waals surface area contributed by atoms with E-state index in [1.54, 1.807) is 25.4 Å². The summed E-state index contributed by atoms with van der Waals surface area (Å²) in [5.41, 5.74) is 0.855. The number of amides is 1. The van der Waals surface area contributed by atoms with Gasteiger partial charge in [0.1, 0.15) is 5.69 Å². The topological polar surface area (TPSA) is 71.5 Å². The maximum absolute atomic E-state index is 12.3. The number of nitrogens with zero attached hydrogens (tertiary/aromatic N) is 1. The van der Waals surface area contributed by atoms with E-state index in [1.807, 2.05) is 13.8 Å². The van der Waals surface area contributed by atoms with Crippen molar-refractivity contribution >= 4 is 5.91 Å². The molecule has 114 valence electrons. The van der Waals surface area contributed by atoms with Crippen molar-refractivity contribution in [3.05, 3.63) is 29.6 Å². The first-order valence-corrected chi connectivity index (χ1v) is 6.94. The van der Waals surface area contributed by atoms with Crippen LogP contribution in [0, 0.1) is 17.8 Å². The Morgan fingerprint density at radius 2 is 2.29 bits per heavy atom. The third-order valence-corrected chi connectivity index (χ3v) is 2.95. The highest BCUT2D eigenvalue weighted by molar-refractivity contribution is 5.94. The number of ether oxygens (including phenoxy) is 1. The van der Waals surface area contributed by atoms with Gasteiger partial charge >= 0.3 is 0 Å². The fraction of sp³-hybridized carbons (Fsp3) is 0.500. The van der Waals surface area contributed by atoms with Gasteiger partial charge in [-0.1, -0.05) is 25.7 Å². The second kappa shape index (κ2) is 9.11. The lowest BCUT2D eigenvalue weighted by molar-refractivity contribution is 0.0861. The van der Waals surface area contributed by atoms with Gasteiger partial charge in [0.25, 0.3) is 5.91 Å².